The van der Waals surface area contributed by atoms with Crippen molar-refractivity contribution in [3.05, 3.63) is 35.4 Å². The monoisotopic (exact) mass is 189 g/mol. The second kappa shape index (κ2) is 3.74. The highest BCUT2D eigenvalue weighted by Crippen LogP contribution is 2.29. The minimum atomic E-state index is 0.481. The van der Waals surface area contributed by atoms with Gasteiger partial charge in [0.1, 0.15) is 0 Å². The van der Waals surface area contributed by atoms with Crippen molar-refractivity contribution in [1.82, 2.24) is 5.32 Å². The zero-order valence-corrected chi connectivity index (χ0v) is 9.14. The number of aryl methyl sites for hydroxylation is 1. The number of hydrogen-bond donors (Lipinski definition) is 1. The lowest BCUT2D eigenvalue weighted by molar-refractivity contribution is 0.363. The predicted molar refractivity (Wildman–Crippen MR) is 60.5 cm³/mol. The van der Waals surface area contributed by atoms with Crippen LogP contribution in [0.4, 0.5) is 0 Å². The van der Waals surface area contributed by atoms with Crippen molar-refractivity contribution in [1.29, 1.82) is 0 Å². The molecule has 1 nitrogen and oxygen atoms in total. The number of hydrogen-bond acceptors (Lipinski definition) is 1. The molecule has 76 valence electrons. The van der Waals surface area contributed by atoms with Crippen LogP contribution in [-0.2, 0) is 6.42 Å². The molecule has 0 aromatic heterocycles. The third-order valence-corrected chi connectivity index (χ3v) is 3.21. The van der Waals surface area contributed by atoms with Crippen LogP contribution in [0.5, 0.6) is 0 Å². The van der Waals surface area contributed by atoms with Gasteiger partial charge in [-0.25, -0.2) is 0 Å². The van der Waals surface area contributed by atoms with E-state index in [0.717, 1.165) is 0 Å². The Balaban J connectivity index is 2.06. The second-order valence-corrected chi connectivity index (χ2v) is 4.90. The molecule has 0 saturated carbocycles. The maximum absolute atomic E-state index is 3.44. The van der Waals surface area contributed by atoms with E-state index in [1.807, 2.05) is 0 Å². The van der Waals surface area contributed by atoms with E-state index in [2.05, 4.69) is 43.4 Å². The number of benzene rings is 1. The van der Waals surface area contributed by atoms with E-state index in [4.69, 9.17) is 0 Å². The Morgan fingerprint density at radius 3 is 2.57 bits per heavy atom. The summed E-state index contributed by atoms with van der Waals surface area (Å²) in [5.41, 5.74) is 3.31. The molecule has 0 bridgehead atoms. The molecule has 0 aliphatic carbocycles. The highest BCUT2D eigenvalue weighted by atomic mass is 14.9. The molecule has 1 aliphatic heterocycles. The molecule has 0 spiro atoms. The third-order valence-electron chi connectivity index (χ3n) is 3.21. The fraction of sp³-hybridized carbons (Fsp3) is 0.538. The van der Waals surface area contributed by atoms with Crippen LogP contribution in [0.3, 0.4) is 0 Å². The molecule has 1 aromatic carbocycles. The summed E-state index contributed by atoms with van der Waals surface area (Å²) < 4.78 is 0. The van der Waals surface area contributed by atoms with Gasteiger partial charge in [-0.05, 0) is 37.3 Å². The van der Waals surface area contributed by atoms with Gasteiger partial charge in [0.15, 0.2) is 0 Å². The molecule has 1 unspecified atom stereocenters. The summed E-state index contributed by atoms with van der Waals surface area (Å²) in [6.45, 7) is 6.87. The molecule has 1 heteroatoms. The molecule has 1 saturated heterocycles. The minimum Gasteiger partial charge on any atom is -0.316 e. The molecule has 0 amide bonds. The van der Waals surface area contributed by atoms with E-state index in [0.29, 0.717) is 5.41 Å². The zero-order chi connectivity index (χ0) is 10.0. The normalized spacial score (nSPS) is 26.7. The molecule has 1 fully saturated rings. The van der Waals surface area contributed by atoms with Crippen molar-refractivity contribution in [2.24, 2.45) is 5.41 Å². The van der Waals surface area contributed by atoms with Gasteiger partial charge in [-0.15, -0.1) is 0 Å². The topological polar surface area (TPSA) is 12.0 Å². The fourth-order valence-electron chi connectivity index (χ4n) is 2.22. The molecule has 1 heterocycles. The Morgan fingerprint density at radius 2 is 2.00 bits per heavy atom. The van der Waals surface area contributed by atoms with E-state index in [1.165, 1.54) is 37.1 Å². The maximum atomic E-state index is 3.44. The lowest BCUT2D eigenvalue weighted by Gasteiger charge is -2.22. The molecule has 1 N–H and O–H groups in total. The molecule has 14 heavy (non-hydrogen) atoms. The first kappa shape index (κ1) is 9.72. The van der Waals surface area contributed by atoms with Gasteiger partial charge >= 0.3 is 0 Å². The largest absolute Gasteiger partial charge is 0.316 e. The minimum absolute atomic E-state index is 0.481. The van der Waals surface area contributed by atoms with E-state index < -0.39 is 0 Å². The van der Waals surface area contributed by atoms with Crippen LogP contribution < -0.4 is 5.32 Å². The van der Waals surface area contributed by atoms with Gasteiger partial charge < -0.3 is 5.32 Å². The lowest BCUT2D eigenvalue weighted by Crippen LogP contribution is -2.22. The standard InChI is InChI=1S/C13H19N/c1-11-3-5-12(6-4-11)9-13(2)7-8-14-10-13/h3-6,14H,7-10H2,1-2H3. The zero-order valence-electron chi connectivity index (χ0n) is 9.14. The van der Waals surface area contributed by atoms with Crippen molar-refractivity contribution in [2.45, 2.75) is 26.7 Å². The molecule has 0 radical (unpaired) electrons. The Morgan fingerprint density at radius 1 is 1.29 bits per heavy atom. The Labute approximate surface area is 86.5 Å². The molecular weight excluding hydrogens is 170 g/mol. The third kappa shape index (κ3) is 2.16. The van der Waals surface area contributed by atoms with E-state index in [-0.39, 0.29) is 0 Å². The first-order valence-corrected chi connectivity index (χ1v) is 5.44. The first-order chi connectivity index (χ1) is 6.68. The van der Waals surface area contributed by atoms with Crippen molar-refractivity contribution >= 4 is 0 Å². The summed E-state index contributed by atoms with van der Waals surface area (Å²) in [7, 11) is 0. The fourth-order valence-corrected chi connectivity index (χ4v) is 2.22. The van der Waals surface area contributed by atoms with E-state index >= 15 is 0 Å². The quantitative estimate of drug-likeness (QED) is 0.754. The average Bonchev–Trinajstić information content (AvgIpc) is 2.57. The molecule has 1 atom stereocenters. The summed E-state index contributed by atoms with van der Waals surface area (Å²) >= 11 is 0. The summed E-state index contributed by atoms with van der Waals surface area (Å²) in [5.74, 6) is 0. The lowest BCUT2D eigenvalue weighted by atomic mass is 9.83. The maximum Gasteiger partial charge on any atom is 0.000883 e. The highest BCUT2D eigenvalue weighted by molar-refractivity contribution is 5.22. The van der Waals surface area contributed by atoms with Crippen LogP contribution in [0.2, 0.25) is 0 Å². The van der Waals surface area contributed by atoms with E-state index in [1.54, 1.807) is 0 Å². The van der Waals surface area contributed by atoms with Gasteiger partial charge in [-0.1, -0.05) is 36.8 Å². The van der Waals surface area contributed by atoms with Crippen LogP contribution in [0.25, 0.3) is 0 Å². The molecule has 1 aliphatic rings. The molecule has 1 aromatic rings. The highest BCUT2D eigenvalue weighted by Gasteiger charge is 2.28. The van der Waals surface area contributed by atoms with Crippen LogP contribution >= 0.6 is 0 Å². The summed E-state index contributed by atoms with van der Waals surface area (Å²) in [5, 5.41) is 3.44. The number of rotatable bonds is 2. The van der Waals surface area contributed by atoms with Gasteiger partial charge in [-0.3, -0.25) is 0 Å². The van der Waals surface area contributed by atoms with Crippen molar-refractivity contribution in [3.8, 4) is 0 Å². The molecular formula is C13H19N. The summed E-state index contributed by atoms with van der Waals surface area (Å²) in [4.78, 5) is 0. The SMILES string of the molecule is Cc1ccc(CC2(C)CCNC2)cc1. The first-order valence-electron chi connectivity index (χ1n) is 5.44. The van der Waals surface area contributed by atoms with Crippen molar-refractivity contribution in [3.63, 3.8) is 0 Å². The van der Waals surface area contributed by atoms with Crippen LogP contribution in [-0.4, -0.2) is 13.1 Å². The summed E-state index contributed by atoms with van der Waals surface area (Å²) in [6.07, 6.45) is 2.52. The van der Waals surface area contributed by atoms with Gasteiger partial charge in [0.2, 0.25) is 0 Å². The Kier molecular flexibility index (Phi) is 2.60. The predicted octanol–water partition coefficient (Wildman–Crippen LogP) is 2.54. The average molecular weight is 189 g/mol. The van der Waals surface area contributed by atoms with Gasteiger partial charge in [0.25, 0.3) is 0 Å². The van der Waals surface area contributed by atoms with Gasteiger partial charge in [-0.2, -0.15) is 0 Å². The summed E-state index contributed by atoms with van der Waals surface area (Å²) in [6, 6.07) is 8.94. The Hall–Kier alpha value is -0.820. The Bertz CT molecular complexity index is 294. The van der Waals surface area contributed by atoms with Crippen LogP contribution in [0, 0.1) is 12.3 Å². The van der Waals surface area contributed by atoms with Gasteiger partial charge in [0, 0.05) is 6.54 Å². The van der Waals surface area contributed by atoms with Gasteiger partial charge in [0.05, 0.1) is 0 Å². The number of nitrogens with one attached hydrogen (secondary N) is 1. The van der Waals surface area contributed by atoms with Crippen molar-refractivity contribution in [2.75, 3.05) is 13.1 Å². The van der Waals surface area contributed by atoms with Crippen LogP contribution in [0.1, 0.15) is 24.5 Å². The van der Waals surface area contributed by atoms with Crippen molar-refractivity contribution < 1.29 is 0 Å². The van der Waals surface area contributed by atoms with E-state index in [9.17, 15) is 0 Å². The smallest absolute Gasteiger partial charge is 0.000883 e. The second-order valence-electron chi connectivity index (χ2n) is 4.90. The van der Waals surface area contributed by atoms with Crippen LogP contribution in [0.15, 0.2) is 24.3 Å². The molecule has 2 rings (SSSR count).